The Morgan fingerprint density at radius 3 is 2.14 bits per heavy atom. The number of carboxylic acid groups (broad SMARTS) is 1. The minimum Gasteiger partial charge on any atom is -0.481 e. The molecule has 0 aliphatic carbocycles. The van der Waals surface area contributed by atoms with E-state index in [-0.39, 0.29) is 24.7 Å². The summed E-state index contributed by atoms with van der Waals surface area (Å²) >= 11 is 0. The number of aliphatic hydroxyl groups excluding tert-OH is 1. The van der Waals surface area contributed by atoms with Gasteiger partial charge in [0.05, 0.1) is 12.1 Å². The van der Waals surface area contributed by atoms with Crippen LogP contribution >= 0.6 is 0 Å². The first-order valence-corrected chi connectivity index (χ1v) is 13.4. The fraction of sp³-hybridized carbons (Fsp3) is 0.808. The van der Waals surface area contributed by atoms with Gasteiger partial charge in [-0.2, -0.15) is 0 Å². The monoisotopic (exact) mass is 528 g/mol. The summed E-state index contributed by atoms with van der Waals surface area (Å²) in [4.78, 5) is 63.7. The van der Waals surface area contributed by atoms with E-state index in [4.69, 9.17) is 5.11 Å². The van der Waals surface area contributed by atoms with Gasteiger partial charge in [-0.25, -0.2) is 0 Å². The summed E-state index contributed by atoms with van der Waals surface area (Å²) in [5.41, 5.74) is 0. The lowest BCUT2D eigenvalue weighted by Gasteiger charge is -2.31. The molecule has 2 unspecified atom stereocenters. The molecule has 3 amide bonds. The van der Waals surface area contributed by atoms with Gasteiger partial charge in [0.25, 0.3) is 0 Å². The molecule has 0 bridgehead atoms. The van der Waals surface area contributed by atoms with Gasteiger partial charge in [-0.3, -0.25) is 24.0 Å². The maximum Gasteiger partial charge on any atom is 0.303 e. The zero-order valence-corrected chi connectivity index (χ0v) is 23.5. The van der Waals surface area contributed by atoms with E-state index >= 15 is 0 Å². The van der Waals surface area contributed by atoms with Crippen molar-refractivity contribution in [3.05, 3.63) is 0 Å². The Labute approximate surface area is 221 Å². The molecule has 1 aliphatic rings. The highest BCUT2D eigenvalue weighted by atomic mass is 16.4. The van der Waals surface area contributed by atoms with E-state index < -0.39 is 53.8 Å². The van der Waals surface area contributed by atoms with Gasteiger partial charge in [-0.1, -0.05) is 34.6 Å². The number of hydrogen-bond donors (Lipinski definition) is 5. The smallest absolute Gasteiger partial charge is 0.303 e. The van der Waals surface area contributed by atoms with Crippen LogP contribution in [-0.2, 0) is 24.0 Å². The minimum atomic E-state index is -1.23. The van der Waals surface area contributed by atoms with Crippen LogP contribution in [0.15, 0.2) is 0 Å². The van der Waals surface area contributed by atoms with Crippen LogP contribution in [0.25, 0.3) is 0 Å². The quantitative estimate of drug-likeness (QED) is 0.212. The zero-order valence-electron chi connectivity index (χ0n) is 23.5. The average molecular weight is 529 g/mol. The number of amides is 3. The van der Waals surface area contributed by atoms with Gasteiger partial charge in [0.1, 0.15) is 18.1 Å². The molecular formula is C26H48N4O7. The van der Waals surface area contributed by atoms with Crippen LogP contribution < -0.4 is 16.0 Å². The van der Waals surface area contributed by atoms with E-state index in [0.717, 1.165) is 6.42 Å². The third kappa shape index (κ3) is 12.0. The first-order chi connectivity index (χ1) is 17.4. The highest BCUT2D eigenvalue weighted by Gasteiger charge is 2.38. The predicted molar refractivity (Wildman–Crippen MR) is 141 cm³/mol. The van der Waals surface area contributed by atoms with Crippen LogP contribution in [0.3, 0.4) is 0 Å². The molecule has 0 aromatic heterocycles. The van der Waals surface area contributed by atoms with E-state index in [1.807, 2.05) is 34.6 Å². The van der Waals surface area contributed by atoms with Crippen molar-refractivity contribution >= 4 is 29.5 Å². The van der Waals surface area contributed by atoms with Gasteiger partial charge in [0.2, 0.25) is 17.7 Å². The van der Waals surface area contributed by atoms with Crippen LogP contribution in [0.4, 0.5) is 0 Å². The molecule has 0 aromatic rings. The van der Waals surface area contributed by atoms with E-state index in [1.54, 1.807) is 0 Å². The lowest BCUT2D eigenvalue weighted by atomic mass is 10.0. The largest absolute Gasteiger partial charge is 0.481 e. The third-order valence-corrected chi connectivity index (χ3v) is 5.98. The second-order valence-corrected chi connectivity index (χ2v) is 9.66. The number of likely N-dealkylation sites (tertiary alicyclic amines) is 1. The molecule has 5 atom stereocenters. The van der Waals surface area contributed by atoms with Crippen LogP contribution in [0.2, 0.25) is 0 Å². The molecule has 11 nitrogen and oxygen atoms in total. The maximum absolute atomic E-state index is 13.3. The summed E-state index contributed by atoms with van der Waals surface area (Å²) in [7, 11) is 0. The van der Waals surface area contributed by atoms with Gasteiger partial charge in [0.15, 0.2) is 5.78 Å². The standard InChI is InChI=1S/C24H42N4O7.C2H6/c1-6-11-25-18(13-14(2)3)24(35)28-12-7-8-19(28)23(34)26-17(9-10-20(31)32)22(33)27-21(15(4)29)16(5)30;1-2/h14-15,17-19,21,25,29H,6-13H2,1-5H3,(H,26,34)(H,27,33)(H,31,32);1-2H3/t15?,17-,18-,19-,21?;/m0./s1. The lowest BCUT2D eigenvalue weighted by Crippen LogP contribution is -2.58. The van der Waals surface area contributed by atoms with Crippen LogP contribution in [0.1, 0.15) is 87.0 Å². The molecule has 1 saturated heterocycles. The molecule has 214 valence electrons. The first kappa shape index (κ1) is 34.5. The number of ketones is 1. The Balaban J connectivity index is 0.00000631. The Kier molecular flexibility index (Phi) is 16.6. The first-order valence-electron chi connectivity index (χ1n) is 13.4. The summed E-state index contributed by atoms with van der Waals surface area (Å²) in [6, 6.07) is -3.61. The second kappa shape index (κ2) is 17.8. The zero-order chi connectivity index (χ0) is 28.7. The van der Waals surface area contributed by atoms with E-state index in [9.17, 15) is 29.1 Å². The van der Waals surface area contributed by atoms with Crippen molar-refractivity contribution in [1.82, 2.24) is 20.9 Å². The fourth-order valence-electron chi connectivity index (χ4n) is 4.18. The van der Waals surface area contributed by atoms with Gasteiger partial charge in [-0.15, -0.1) is 0 Å². The van der Waals surface area contributed by atoms with E-state index in [1.165, 1.54) is 18.7 Å². The third-order valence-electron chi connectivity index (χ3n) is 5.98. The SMILES string of the molecule is CC.CCCN[C@@H](CC(C)C)C(=O)N1CCC[C@H]1C(=O)N[C@@H](CCC(=O)O)C(=O)NC(C(C)=O)C(C)O. The summed E-state index contributed by atoms with van der Waals surface area (Å²) in [6.45, 7) is 13.7. The molecule has 0 radical (unpaired) electrons. The summed E-state index contributed by atoms with van der Waals surface area (Å²) < 4.78 is 0. The van der Waals surface area contributed by atoms with Crippen molar-refractivity contribution in [3.63, 3.8) is 0 Å². The number of rotatable bonds is 15. The molecule has 37 heavy (non-hydrogen) atoms. The van der Waals surface area contributed by atoms with Crippen LogP contribution in [0, 0.1) is 5.92 Å². The van der Waals surface area contributed by atoms with Crippen molar-refractivity contribution < 1.29 is 34.2 Å². The molecule has 0 saturated carbocycles. The predicted octanol–water partition coefficient (Wildman–Crippen LogP) is 1.22. The normalized spacial score (nSPS) is 18.2. The maximum atomic E-state index is 13.3. The molecule has 5 N–H and O–H groups in total. The number of carbonyl (C=O) groups is 5. The number of Topliss-reactive ketones (excluding diaryl/α,β-unsaturated/α-hetero) is 1. The van der Waals surface area contributed by atoms with Gasteiger partial charge < -0.3 is 31.1 Å². The lowest BCUT2D eigenvalue weighted by molar-refractivity contribution is -0.141. The van der Waals surface area contributed by atoms with Crippen molar-refractivity contribution in [1.29, 1.82) is 0 Å². The van der Waals surface area contributed by atoms with Crippen molar-refractivity contribution in [3.8, 4) is 0 Å². The number of nitrogens with one attached hydrogen (secondary N) is 3. The second-order valence-electron chi connectivity index (χ2n) is 9.66. The molecule has 11 heteroatoms. The molecule has 0 spiro atoms. The number of hydrogen-bond acceptors (Lipinski definition) is 7. The average Bonchev–Trinajstić information content (AvgIpc) is 3.32. The molecule has 1 rings (SSSR count). The van der Waals surface area contributed by atoms with Crippen molar-refractivity contribution in [2.24, 2.45) is 5.92 Å². The topological polar surface area (TPSA) is 165 Å². The summed E-state index contributed by atoms with van der Waals surface area (Å²) in [5, 5.41) is 27.1. The molecule has 1 fully saturated rings. The van der Waals surface area contributed by atoms with Gasteiger partial charge in [0, 0.05) is 13.0 Å². The molecule has 1 heterocycles. The highest BCUT2D eigenvalue weighted by molar-refractivity contribution is 5.95. The van der Waals surface area contributed by atoms with Gasteiger partial charge >= 0.3 is 5.97 Å². The number of aliphatic carboxylic acids is 1. The Bertz CT molecular complexity index is 757. The number of aliphatic hydroxyl groups is 1. The Morgan fingerprint density at radius 2 is 1.65 bits per heavy atom. The summed E-state index contributed by atoms with van der Waals surface area (Å²) in [5.74, 6) is -2.82. The highest BCUT2D eigenvalue weighted by Crippen LogP contribution is 2.21. The van der Waals surface area contributed by atoms with Crippen molar-refractivity contribution in [2.75, 3.05) is 13.1 Å². The molecule has 0 aromatic carbocycles. The number of carbonyl (C=O) groups excluding carboxylic acids is 4. The minimum absolute atomic E-state index is 0.165. The summed E-state index contributed by atoms with van der Waals surface area (Å²) in [6.07, 6.45) is 0.792. The van der Waals surface area contributed by atoms with E-state index in [0.29, 0.717) is 32.4 Å². The fourth-order valence-corrected chi connectivity index (χ4v) is 4.18. The van der Waals surface area contributed by atoms with Crippen molar-refractivity contribution in [2.45, 2.75) is 117 Å². The Morgan fingerprint density at radius 1 is 1.03 bits per heavy atom. The Hall–Kier alpha value is -2.53. The molecular weight excluding hydrogens is 480 g/mol. The number of carboxylic acids is 1. The molecule has 1 aliphatic heterocycles. The number of nitrogens with zero attached hydrogens (tertiary/aromatic N) is 1. The van der Waals surface area contributed by atoms with Crippen LogP contribution in [-0.4, -0.2) is 87.9 Å². The van der Waals surface area contributed by atoms with Crippen LogP contribution in [0.5, 0.6) is 0 Å². The van der Waals surface area contributed by atoms with E-state index in [2.05, 4.69) is 16.0 Å². The van der Waals surface area contributed by atoms with Gasteiger partial charge in [-0.05, 0) is 58.4 Å².